The number of Topliss-reactive ketones (excluding diaryl/α,β-unsaturated/α-hetero) is 1. The summed E-state index contributed by atoms with van der Waals surface area (Å²) in [6.07, 6.45) is -0.0379. The average molecular weight is 938 g/mol. The van der Waals surface area contributed by atoms with Crippen LogP contribution in [-0.2, 0) is 63.9 Å². The number of hydrogen-bond donors (Lipinski definition) is 9. The Labute approximate surface area is 385 Å². The van der Waals surface area contributed by atoms with Gasteiger partial charge in [0, 0.05) is 68.6 Å². The van der Waals surface area contributed by atoms with Gasteiger partial charge in [-0.1, -0.05) is 33.8 Å². The van der Waals surface area contributed by atoms with Crippen molar-refractivity contribution in [2.24, 2.45) is 29.0 Å². The van der Waals surface area contributed by atoms with Crippen LogP contribution < -0.4 is 49.1 Å². The highest BCUT2D eigenvalue weighted by molar-refractivity contribution is 6.01. The van der Waals surface area contributed by atoms with E-state index in [4.69, 9.17) is 40.9 Å². The summed E-state index contributed by atoms with van der Waals surface area (Å²) in [5.74, 6) is -5.09. The van der Waals surface area contributed by atoms with Gasteiger partial charge in [-0.25, -0.2) is 4.79 Å². The quantitative estimate of drug-likeness (QED) is 0.0296. The van der Waals surface area contributed by atoms with Crippen LogP contribution in [0.3, 0.4) is 0 Å². The number of urea groups is 1. The molecule has 12 N–H and O–H groups in total. The molecule has 0 saturated carbocycles. The highest BCUT2D eigenvalue weighted by atomic mass is 16.6. The van der Waals surface area contributed by atoms with Crippen molar-refractivity contribution in [2.75, 3.05) is 77.8 Å². The molecule has 0 heterocycles. The van der Waals surface area contributed by atoms with E-state index in [1.165, 1.54) is 25.1 Å². The van der Waals surface area contributed by atoms with Crippen molar-refractivity contribution in [2.45, 2.75) is 97.9 Å². The molecule has 0 aliphatic rings. The fraction of sp³-hybridized carbons (Fsp3) is 0.651. The Bertz CT molecular complexity index is 1730. The molecule has 0 bridgehead atoms. The zero-order valence-electron chi connectivity index (χ0n) is 38.8. The summed E-state index contributed by atoms with van der Waals surface area (Å²) in [5.41, 5.74) is 16.7. The fourth-order valence-corrected chi connectivity index (χ4v) is 5.73. The second-order valence-electron chi connectivity index (χ2n) is 15.6. The van der Waals surface area contributed by atoms with Crippen LogP contribution in [0.1, 0.15) is 89.1 Å². The number of ether oxygens (including phenoxy) is 5. The van der Waals surface area contributed by atoms with E-state index >= 15 is 0 Å². The fourth-order valence-electron chi connectivity index (χ4n) is 5.73. The number of hydrogen-bond acceptors (Lipinski definition) is 15. The number of primary amides is 2. The molecule has 1 aromatic carbocycles. The number of nitrogens with two attached hydrogens (primary N) is 3. The lowest BCUT2D eigenvalue weighted by molar-refractivity contribution is -0.142. The van der Waals surface area contributed by atoms with Gasteiger partial charge in [-0.15, -0.1) is 0 Å². The lowest BCUT2D eigenvalue weighted by Gasteiger charge is -2.27. The Morgan fingerprint density at radius 3 is 1.79 bits per heavy atom. The van der Waals surface area contributed by atoms with Crippen LogP contribution in [0.25, 0.3) is 0 Å². The maximum atomic E-state index is 13.8. The minimum Gasteiger partial charge on any atom is -0.461 e. The molecule has 0 aliphatic carbocycles. The SMILES string of the molecule is CC(=O)OCc1ccc(NC(=O)[C@H](CCCNC(N)=O)NC(=O)[C@@H](NC(=O)[C@H](CCC(N)=O)NC(=O)CCOCCOCCOCCOCCC(=O)C(C)C)C(C)C)cc1C(=O)NCCN. The first kappa shape index (κ1) is 58.3. The number of ketones is 1. The van der Waals surface area contributed by atoms with Crippen molar-refractivity contribution in [3.63, 3.8) is 0 Å². The second-order valence-corrected chi connectivity index (χ2v) is 15.6. The molecule has 8 amide bonds. The number of nitrogens with one attached hydrogen (secondary N) is 6. The van der Waals surface area contributed by atoms with Crippen molar-refractivity contribution in [3.8, 4) is 0 Å². The molecule has 0 saturated heterocycles. The number of esters is 1. The monoisotopic (exact) mass is 938 g/mol. The maximum Gasteiger partial charge on any atom is 0.312 e. The van der Waals surface area contributed by atoms with Crippen molar-refractivity contribution in [1.29, 1.82) is 0 Å². The van der Waals surface area contributed by atoms with E-state index in [9.17, 15) is 43.2 Å². The van der Waals surface area contributed by atoms with Crippen molar-refractivity contribution < 1.29 is 66.8 Å². The third-order valence-electron chi connectivity index (χ3n) is 9.39. The lowest BCUT2D eigenvalue weighted by Crippen LogP contribution is -2.58. The van der Waals surface area contributed by atoms with Gasteiger partial charge in [-0.05, 0) is 37.3 Å². The summed E-state index contributed by atoms with van der Waals surface area (Å²) < 4.78 is 26.8. The first-order chi connectivity index (χ1) is 31.4. The smallest absolute Gasteiger partial charge is 0.312 e. The van der Waals surface area contributed by atoms with Gasteiger partial charge in [0.25, 0.3) is 5.91 Å². The maximum absolute atomic E-state index is 13.8. The van der Waals surface area contributed by atoms with E-state index in [1.807, 2.05) is 13.8 Å². The highest BCUT2D eigenvalue weighted by Crippen LogP contribution is 2.19. The summed E-state index contributed by atoms with van der Waals surface area (Å²) in [6, 6.07) is -0.211. The van der Waals surface area contributed by atoms with Gasteiger partial charge < -0.3 is 72.8 Å². The third kappa shape index (κ3) is 26.3. The molecule has 372 valence electrons. The van der Waals surface area contributed by atoms with E-state index < -0.39 is 71.5 Å². The summed E-state index contributed by atoms with van der Waals surface area (Å²) in [7, 11) is 0. The zero-order chi connectivity index (χ0) is 49.4. The van der Waals surface area contributed by atoms with Crippen LogP contribution in [0.2, 0.25) is 0 Å². The van der Waals surface area contributed by atoms with Gasteiger partial charge >= 0.3 is 12.0 Å². The van der Waals surface area contributed by atoms with E-state index in [-0.39, 0.29) is 101 Å². The van der Waals surface area contributed by atoms with Crippen LogP contribution in [0.5, 0.6) is 0 Å². The van der Waals surface area contributed by atoms with Gasteiger partial charge in [0.05, 0.1) is 52.9 Å². The molecule has 1 rings (SSSR count). The van der Waals surface area contributed by atoms with Crippen LogP contribution in [0, 0.1) is 11.8 Å². The number of amides is 8. The molecule has 23 heteroatoms. The van der Waals surface area contributed by atoms with Crippen molar-refractivity contribution >= 4 is 58.9 Å². The van der Waals surface area contributed by atoms with Crippen LogP contribution in [0.15, 0.2) is 18.2 Å². The molecular weight excluding hydrogens is 867 g/mol. The van der Waals surface area contributed by atoms with E-state index in [1.54, 1.807) is 13.8 Å². The summed E-state index contributed by atoms with van der Waals surface area (Å²) >= 11 is 0. The molecule has 0 unspecified atom stereocenters. The molecule has 0 aromatic heterocycles. The molecule has 0 spiro atoms. The summed E-state index contributed by atoms with van der Waals surface area (Å²) in [4.78, 5) is 113. The molecule has 0 aliphatic heterocycles. The predicted octanol–water partition coefficient (Wildman–Crippen LogP) is -0.727. The topological polar surface area (TPSA) is 350 Å². The van der Waals surface area contributed by atoms with E-state index in [2.05, 4.69) is 31.9 Å². The zero-order valence-corrected chi connectivity index (χ0v) is 38.8. The second kappa shape index (κ2) is 33.7. The molecule has 0 radical (unpaired) electrons. The minimum atomic E-state index is -1.27. The number of benzene rings is 1. The van der Waals surface area contributed by atoms with Gasteiger partial charge in [0.1, 0.15) is 30.5 Å². The highest BCUT2D eigenvalue weighted by Gasteiger charge is 2.32. The Balaban J connectivity index is 2.90. The van der Waals surface area contributed by atoms with Gasteiger partial charge in [0.2, 0.25) is 29.5 Å². The Morgan fingerprint density at radius 1 is 0.652 bits per heavy atom. The molecule has 3 atom stereocenters. The van der Waals surface area contributed by atoms with Gasteiger partial charge in [-0.3, -0.25) is 38.4 Å². The Morgan fingerprint density at radius 2 is 1.24 bits per heavy atom. The number of carbonyl (C=O) groups excluding carboxylic acids is 9. The van der Waals surface area contributed by atoms with Crippen LogP contribution in [0.4, 0.5) is 10.5 Å². The third-order valence-corrected chi connectivity index (χ3v) is 9.39. The minimum absolute atomic E-state index is 0.00880. The van der Waals surface area contributed by atoms with Crippen LogP contribution in [-0.4, -0.2) is 144 Å². The molecule has 0 fully saturated rings. The van der Waals surface area contributed by atoms with Gasteiger partial charge in [-0.2, -0.15) is 0 Å². The molecule has 1 aromatic rings. The summed E-state index contributed by atoms with van der Waals surface area (Å²) in [5, 5.41) is 15.6. The number of anilines is 1. The van der Waals surface area contributed by atoms with E-state index in [0.717, 1.165) is 0 Å². The van der Waals surface area contributed by atoms with E-state index in [0.29, 0.717) is 45.0 Å². The number of rotatable bonds is 36. The largest absolute Gasteiger partial charge is 0.461 e. The first-order valence-electron chi connectivity index (χ1n) is 22.0. The average Bonchev–Trinajstić information content (AvgIpc) is 3.25. The normalized spacial score (nSPS) is 12.4. The number of carbonyl (C=O) groups is 9. The molecule has 66 heavy (non-hydrogen) atoms. The predicted molar refractivity (Wildman–Crippen MR) is 240 cm³/mol. The molecular formula is C43H71N9O14. The van der Waals surface area contributed by atoms with Crippen LogP contribution >= 0.6 is 0 Å². The Kier molecular flexibility index (Phi) is 29.7. The standard InChI is InChI=1S/C43H71N9O14/c1-27(2)35(54)12-17-62-19-21-64-23-24-65-22-20-63-18-13-37(56)50-34(10-11-36(45)55)41(59)52-38(28(3)4)42(60)51-33(7-6-15-48-43(46)61)40(58)49-31-9-8-30(26-66-29(5)53)32(25-31)39(57)47-16-14-44/h8-9,25,27-28,33-34,38H,6-7,10-24,26,44H2,1-5H3,(H2,45,55)(H,47,57)(H,49,58)(H,50,56)(H,51,60)(H,52,59)(H3,46,48,61)/t33-,34-,38-/m0/s1. The summed E-state index contributed by atoms with van der Waals surface area (Å²) in [6.45, 7) is 10.4. The first-order valence-corrected chi connectivity index (χ1v) is 22.0. The molecule has 23 nitrogen and oxygen atoms in total. The van der Waals surface area contributed by atoms with Gasteiger partial charge in [0.15, 0.2) is 0 Å². The van der Waals surface area contributed by atoms with Crippen molar-refractivity contribution in [1.82, 2.24) is 26.6 Å². The lowest BCUT2D eigenvalue weighted by atomic mass is 10.0. The van der Waals surface area contributed by atoms with Crippen molar-refractivity contribution in [3.05, 3.63) is 29.3 Å². The Hall–Kier alpha value is -5.75.